The fourth-order valence-electron chi connectivity index (χ4n) is 3.05. The van der Waals surface area contributed by atoms with Crippen LogP contribution in [0.2, 0.25) is 0 Å². The van der Waals surface area contributed by atoms with E-state index in [2.05, 4.69) is 5.32 Å². The Morgan fingerprint density at radius 3 is 2.18 bits per heavy atom. The van der Waals surface area contributed by atoms with Gasteiger partial charge in [-0.2, -0.15) is 13.2 Å². The van der Waals surface area contributed by atoms with Crippen molar-refractivity contribution in [3.63, 3.8) is 0 Å². The second kappa shape index (κ2) is 9.54. The topological polar surface area (TPSA) is 85.9 Å². The third kappa shape index (κ3) is 7.92. The van der Waals surface area contributed by atoms with E-state index in [-0.39, 0.29) is 6.42 Å². The molecule has 1 aliphatic rings. The Hall–Kier alpha value is -2.27. The van der Waals surface area contributed by atoms with Crippen LogP contribution in [0.4, 0.5) is 18.0 Å². The van der Waals surface area contributed by atoms with Gasteiger partial charge >= 0.3 is 19.4 Å². The molecule has 1 aliphatic heterocycles. The van der Waals surface area contributed by atoms with Crippen LogP contribution in [0.3, 0.4) is 0 Å². The Bertz CT molecular complexity index is 852. The number of carbonyl (C=O) groups excluding carboxylic acids is 2. The van der Waals surface area contributed by atoms with Gasteiger partial charge in [-0.3, -0.25) is 4.79 Å². The van der Waals surface area contributed by atoms with Crippen molar-refractivity contribution in [1.82, 2.24) is 10.6 Å². The highest BCUT2D eigenvalue weighted by Gasteiger charge is 2.51. The standard InChI is InChI=1S/C22H32BF3N2O5/c1-19(2,3)31-18(30)28-16(17(29)27-13-22(24,25)26)12-14-9-8-10-15(11-14)23-32-20(4,5)21(6,7)33-23/h8-11,16H,12-13H2,1-7H3,(H,27,29)(H,28,30)/t16-/m0/s1. The summed E-state index contributed by atoms with van der Waals surface area (Å²) in [5.41, 5.74) is -0.644. The van der Waals surface area contributed by atoms with E-state index in [9.17, 15) is 22.8 Å². The minimum absolute atomic E-state index is 0.0592. The summed E-state index contributed by atoms with van der Waals surface area (Å²) in [7, 11) is -0.647. The third-order valence-corrected chi connectivity index (χ3v) is 5.39. The molecular weight excluding hydrogens is 440 g/mol. The summed E-state index contributed by atoms with van der Waals surface area (Å²) in [6, 6.07) is 5.69. The predicted octanol–water partition coefficient (Wildman–Crippen LogP) is 3.10. The maximum Gasteiger partial charge on any atom is 0.494 e. The molecule has 7 nitrogen and oxygen atoms in total. The van der Waals surface area contributed by atoms with Crippen LogP contribution in [0.5, 0.6) is 0 Å². The number of benzene rings is 1. The first kappa shape index (κ1) is 27.0. The number of alkyl halides is 3. The third-order valence-electron chi connectivity index (χ3n) is 5.39. The van der Waals surface area contributed by atoms with E-state index in [1.54, 1.807) is 45.0 Å². The summed E-state index contributed by atoms with van der Waals surface area (Å²) < 4.78 is 55.0. The fraction of sp³-hybridized carbons (Fsp3) is 0.636. The smallest absolute Gasteiger partial charge is 0.444 e. The number of hydrogen-bond acceptors (Lipinski definition) is 5. The number of hydrogen-bond donors (Lipinski definition) is 2. The number of ether oxygens (including phenoxy) is 1. The first-order valence-corrected chi connectivity index (χ1v) is 10.7. The Morgan fingerprint density at radius 2 is 1.67 bits per heavy atom. The summed E-state index contributed by atoms with van der Waals surface area (Å²) >= 11 is 0. The SMILES string of the molecule is CC(C)(C)OC(=O)N[C@@H](Cc1cccc(B2OC(C)(C)C(C)(C)O2)c1)C(=O)NCC(F)(F)F. The quantitative estimate of drug-likeness (QED) is 0.622. The molecule has 0 radical (unpaired) electrons. The zero-order chi connectivity index (χ0) is 25.2. The lowest BCUT2D eigenvalue weighted by Crippen LogP contribution is -2.51. The van der Waals surface area contributed by atoms with Gasteiger partial charge in [0.15, 0.2) is 0 Å². The van der Waals surface area contributed by atoms with Crippen molar-refractivity contribution in [2.75, 3.05) is 6.54 Å². The van der Waals surface area contributed by atoms with Gasteiger partial charge in [-0.15, -0.1) is 0 Å². The van der Waals surface area contributed by atoms with Gasteiger partial charge in [0, 0.05) is 6.42 Å². The molecule has 0 bridgehead atoms. The Labute approximate surface area is 192 Å². The number of nitrogens with one attached hydrogen (secondary N) is 2. The van der Waals surface area contributed by atoms with E-state index in [0.717, 1.165) is 0 Å². The molecule has 2 amide bonds. The number of carbonyl (C=O) groups is 2. The summed E-state index contributed by atoms with van der Waals surface area (Å²) in [5.74, 6) is -0.973. The maximum absolute atomic E-state index is 12.6. The molecule has 0 aliphatic carbocycles. The van der Waals surface area contributed by atoms with Crippen LogP contribution in [0.15, 0.2) is 24.3 Å². The Kier molecular flexibility index (Phi) is 7.80. The lowest BCUT2D eigenvalue weighted by molar-refractivity contribution is -0.139. The van der Waals surface area contributed by atoms with Crippen molar-refractivity contribution in [2.24, 2.45) is 0 Å². The summed E-state index contributed by atoms with van der Waals surface area (Å²) in [5, 5.41) is 4.19. The van der Waals surface area contributed by atoms with Crippen molar-refractivity contribution in [3.05, 3.63) is 29.8 Å². The van der Waals surface area contributed by atoms with E-state index in [1.165, 1.54) is 0 Å². The van der Waals surface area contributed by atoms with Gasteiger partial charge in [-0.1, -0.05) is 24.3 Å². The first-order chi connectivity index (χ1) is 14.9. The van der Waals surface area contributed by atoms with Gasteiger partial charge in [0.25, 0.3) is 0 Å². The second-order valence-electron chi connectivity index (χ2n) is 10.1. The van der Waals surface area contributed by atoms with Crippen molar-refractivity contribution >= 4 is 24.6 Å². The minimum Gasteiger partial charge on any atom is -0.444 e. The normalized spacial score (nSPS) is 18.5. The molecule has 1 fully saturated rings. The molecule has 1 atom stereocenters. The molecule has 0 spiro atoms. The molecule has 11 heteroatoms. The van der Waals surface area contributed by atoms with E-state index in [4.69, 9.17) is 14.0 Å². The lowest BCUT2D eigenvalue weighted by Gasteiger charge is -2.32. The molecule has 33 heavy (non-hydrogen) atoms. The Morgan fingerprint density at radius 1 is 1.09 bits per heavy atom. The predicted molar refractivity (Wildman–Crippen MR) is 118 cm³/mol. The van der Waals surface area contributed by atoms with Crippen LogP contribution >= 0.6 is 0 Å². The molecule has 2 rings (SSSR count). The van der Waals surface area contributed by atoms with E-state index < -0.39 is 54.7 Å². The molecule has 1 aromatic carbocycles. The molecule has 0 saturated carbocycles. The highest BCUT2D eigenvalue weighted by Crippen LogP contribution is 2.36. The second-order valence-corrected chi connectivity index (χ2v) is 10.1. The van der Waals surface area contributed by atoms with Crippen LogP contribution in [0.25, 0.3) is 0 Å². The van der Waals surface area contributed by atoms with Gasteiger partial charge in [-0.25, -0.2) is 4.79 Å². The average molecular weight is 472 g/mol. The zero-order valence-electron chi connectivity index (χ0n) is 20.1. The van der Waals surface area contributed by atoms with Crippen LogP contribution in [-0.4, -0.2) is 54.7 Å². The summed E-state index contributed by atoms with van der Waals surface area (Å²) in [6.07, 6.45) is -5.55. The maximum atomic E-state index is 12.6. The molecular formula is C22H32BF3N2O5. The first-order valence-electron chi connectivity index (χ1n) is 10.7. The number of rotatable bonds is 6. The Balaban J connectivity index is 2.20. The number of amides is 2. The molecule has 184 valence electrons. The average Bonchev–Trinajstić information content (AvgIpc) is 2.85. The monoisotopic (exact) mass is 472 g/mol. The van der Waals surface area contributed by atoms with Crippen molar-refractivity contribution < 1.29 is 36.8 Å². The molecule has 2 N–H and O–H groups in total. The molecule has 1 heterocycles. The summed E-state index contributed by atoms with van der Waals surface area (Å²) in [4.78, 5) is 24.7. The number of halogens is 3. The van der Waals surface area contributed by atoms with Crippen LogP contribution in [0.1, 0.15) is 54.0 Å². The zero-order valence-corrected chi connectivity index (χ0v) is 20.1. The van der Waals surface area contributed by atoms with Crippen LogP contribution < -0.4 is 16.1 Å². The lowest BCUT2D eigenvalue weighted by atomic mass is 9.78. The van der Waals surface area contributed by atoms with Crippen molar-refractivity contribution in [3.8, 4) is 0 Å². The van der Waals surface area contributed by atoms with Gasteiger partial charge in [-0.05, 0) is 59.5 Å². The van der Waals surface area contributed by atoms with Gasteiger partial charge in [0.05, 0.1) is 11.2 Å². The fourth-order valence-corrected chi connectivity index (χ4v) is 3.05. The van der Waals surface area contributed by atoms with E-state index in [0.29, 0.717) is 11.0 Å². The van der Waals surface area contributed by atoms with E-state index in [1.807, 2.05) is 33.0 Å². The molecule has 0 aromatic heterocycles. The van der Waals surface area contributed by atoms with Crippen molar-refractivity contribution in [1.29, 1.82) is 0 Å². The summed E-state index contributed by atoms with van der Waals surface area (Å²) in [6.45, 7) is 11.1. The van der Waals surface area contributed by atoms with Gasteiger partial charge in [0.2, 0.25) is 5.91 Å². The molecule has 0 unspecified atom stereocenters. The van der Waals surface area contributed by atoms with E-state index >= 15 is 0 Å². The van der Waals surface area contributed by atoms with Crippen molar-refractivity contribution in [2.45, 2.75) is 83.9 Å². The largest absolute Gasteiger partial charge is 0.494 e. The highest BCUT2D eigenvalue weighted by atomic mass is 19.4. The van der Waals surface area contributed by atoms with Gasteiger partial charge in [0.1, 0.15) is 18.2 Å². The van der Waals surface area contributed by atoms with Crippen LogP contribution in [-0.2, 0) is 25.3 Å². The highest BCUT2D eigenvalue weighted by molar-refractivity contribution is 6.62. The minimum atomic E-state index is -4.58. The van der Waals surface area contributed by atoms with Gasteiger partial charge < -0.3 is 24.7 Å². The molecule has 1 aromatic rings. The van der Waals surface area contributed by atoms with Crippen LogP contribution in [0, 0.1) is 0 Å². The molecule has 1 saturated heterocycles. The number of alkyl carbamates (subject to hydrolysis) is 1.